The second-order valence-electron chi connectivity index (χ2n) is 4.66. The van der Waals surface area contributed by atoms with Crippen LogP contribution >= 0.6 is 35.1 Å². The molecule has 0 radical (unpaired) electrons. The van der Waals surface area contributed by atoms with Gasteiger partial charge in [-0.05, 0) is 6.07 Å². The minimum Gasteiger partial charge on any atom is -0.356 e. The van der Waals surface area contributed by atoms with Gasteiger partial charge < -0.3 is 10.3 Å². The number of rotatable bonds is 4. The largest absolute Gasteiger partial charge is 0.356 e. The van der Waals surface area contributed by atoms with Gasteiger partial charge in [-0.2, -0.15) is 23.5 Å². The molecular formula is C14H17ClN2S2. The lowest BCUT2D eigenvalue weighted by Crippen LogP contribution is -2.28. The van der Waals surface area contributed by atoms with E-state index < -0.39 is 0 Å². The third kappa shape index (κ3) is 3.24. The van der Waals surface area contributed by atoms with Crippen LogP contribution in [-0.4, -0.2) is 34.0 Å². The summed E-state index contributed by atoms with van der Waals surface area (Å²) < 4.78 is 0. The summed E-state index contributed by atoms with van der Waals surface area (Å²) in [6.45, 7) is 1.87. The lowest BCUT2D eigenvalue weighted by molar-refractivity contribution is 0.678. The summed E-state index contributed by atoms with van der Waals surface area (Å²) in [6.07, 6.45) is 0. The van der Waals surface area contributed by atoms with Crippen molar-refractivity contribution in [3.63, 3.8) is 0 Å². The van der Waals surface area contributed by atoms with Gasteiger partial charge in [0, 0.05) is 52.2 Å². The monoisotopic (exact) mass is 312 g/mol. The normalized spacial score (nSPS) is 19.9. The fourth-order valence-electron chi connectivity index (χ4n) is 2.30. The lowest BCUT2D eigenvalue weighted by atomic mass is 10.2. The quantitative estimate of drug-likeness (QED) is 0.900. The summed E-state index contributed by atoms with van der Waals surface area (Å²) in [6, 6.07) is 8.18. The van der Waals surface area contributed by atoms with E-state index in [0.717, 1.165) is 40.0 Å². The number of aromatic amines is 1. The molecule has 2 heterocycles. The average molecular weight is 313 g/mol. The highest BCUT2D eigenvalue weighted by Gasteiger charge is 2.14. The van der Waals surface area contributed by atoms with Crippen molar-refractivity contribution in [2.45, 2.75) is 11.8 Å². The molecule has 1 unspecified atom stereocenters. The number of para-hydroxylation sites is 1. The van der Waals surface area contributed by atoms with Crippen LogP contribution in [0.4, 0.5) is 0 Å². The van der Waals surface area contributed by atoms with Crippen LogP contribution < -0.4 is 5.32 Å². The number of hydrogen-bond donors (Lipinski definition) is 2. The first-order valence-corrected chi connectivity index (χ1v) is 9.08. The fourth-order valence-corrected chi connectivity index (χ4v) is 5.22. The van der Waals surface area contributed by atoms with Crippen molar-refractivity contribution in [2.75, 3.05) is 23.8 Å². The first-order chi connectivity index (χ1) is 9.34. The maximum atomic E-state index is 6.40. The van der Waals surface area contributed by atoms with Gasteiger partial charge in [-0.15, -0.1) is 0 Å². The standard InChI is InChI=1S/C14H17ClN2S2/c15-14-11-3-1-2-4-12(11)17-13(14)8-16-7-10-9-18-5-6-19-10/h1-4,10,16-17H,5-9H2. The molecule has 102 valence electrons. The third-order valence-electron chi connectivity index (χ3n) is 3.27. The topological polar surface area (TPSA) is 27.8 Å². The van der Waals surface area contributed by atoms with E-state index in [-0.39, 0.29) is 0 Å². The predicted octanol–water partition coefficient (Wildman–Crippen LogP) is 3.76. The van der Waals surface area contributed by atoms with Crippen LogP contribution in [0.3, 0.4) is 0 Å². The Morgan fingerprint density at radius 3 is 3.00 bits per heavy atom. The maximum Gasteiger partial charge on any atom is 0.0705 e. The first kappa shape index (κ1) is 13.7. The third-order valence-corrected chi connectivity index (χ3v) is 6.55. The minimum atomic E-state index is 0.738. The Bertz CT molecular complexity index is 549. The van der Waals surface area contributed by atoms with Crippen LogP contribution in [0.2, 0.25) is 5.02 Å². The van der Waals surface area contributed by atoms with Crippen molar-refractivity contribution in [1.29, 1.82) is 0 Å². The Morgan fingerprint density at radius 2 is 2.21 bits per heavy atom. The number of benzene rings is 1. The van der Waals surface area contributed by atoms with Crippen LogP contribution in [0.5, 0.6) is 0 Å². The highest BCUT2D eigenvalue weighted by atomic mass is 35.5. The lowest BCUT2D eigenvalue weighted by Gasteiger charge is -2.21. The van der Waals surface area contributed by atoms with Crippen LogP contribution in [0.25, 0.3) is 10.9 Å². The molecule has 0 amide bonds. The van der Waals surface area contributed by atoms with Gasteiger partial charge in [-0.25, -0.2) is 0 Å². The Hall–Kier alpha value is -0.290. The number of fused-ring (bicyclic) bond motifs is 1. The zero-order chi connectivity index (χ0) is 13.1. The average Bonchev–Trinajstić information content (AvgIpc) is 2.78. The number of hydrogen-bond acceptors (Lipinski definition) is 3. The molecule has 2 aromatic rings. The summed E-state index contributed by atoms with van der Waals surface area (Å²) >= 11 is 10.5. The van der Waals surface area contributed by atoms with Crippen LogP contribution in [0.15, 0.2) is 24.3 Å². The van der Waals surface area contributed by atoms with Crippen molar-refractivity contribution in [1.82, 2.24) is 10.3 Å². The van der Waals surface area contributed by atoms with Crippen molar-refractivity contribution in [3.05, 3.63) is 35.0 Å². The SMILES string of the molecule is Clc1c(CNCC2CSCCS2)[nH]c2ccccc12. The van der Waals surface area contributed by atoms with Crippen molar-refractivity contribution >= 4 is 46.0 Å². The summed E-state index contributed by atoms with van der Waals surface area (Å²) in [5, 5.41) is 6.23. The van der Waals surface area contributed by atoms with Crippen LogP contribution in [0, 0.1) is 0 Å². The van der Waals surface area contributed by atoms with Gasteiger partial charge in [-0.3, -0.25) is 0 Å². The smallest absolute Gasteiger partial charge is 0.0705 e. The Labute approximate surface area is 127 Å². The molecule has 1 aliphatic rings. The summed E-state index contributed by atoms with van der Waals surface area (Å²) in [5.74, 6) is 3.84. The Kier molecular flexibility index (Phi) is 4.64. The Balaban J connectivity index is 1.60. The molecular weight excluding hydrogens is 296 g/mol. The van der Waals surface area contributed by atoms with Crippen molar-refractivity contribution in [2.24, 2.45) is 0 Å². The van der Waals surface area contributed by atoms with Crippen LogP contribution in [-0.2, 0) is 6.54 Å². The number of aromatic nitrogens is 1. The van der Waals surface area contributed by atoms with E-state index in [1.165, 1.54) is 17.3 Å². The van der Waals surface area contributed by atoms with Gasteiger partial charge in [0.25, 0.3) is 0 Å². The molecule has 0 saturated carbocycles. The molecule has 1 fully saturated rings. The molecule has 2 nitrogen and oxygen atoms in total. The first-order valence-electron chi connectivity index (χ1n) is 6.50. The van der Waals surface area contributed by atoms with E-state index in [1.54, 1.807) is 0 Å². The van der Waals surface area contributed by atoms with E-state index in [9.17, 15) is 0 Å². The highest BCUT2D eigenvalue weighted by Crippen LogP contribution is 2.27. The maximum absolute atomic E-state index is 6.40. The van der Waals surface area contributed by atoms with Crippen molar-refractivity contribution < 1.29 is 0 Å². The van der Waals surface area contributed by atoms with E-state index >= 15 is 0 Å². The number of nitrogens with one attached hydrogen (secondary N) is 2. The van der Waals surface area contributed by atoms with Crippen LogP contribution in [0.1, 0.15) is 5.69 Å². The highest BCUT2D eigenvalue weighted by molar-refractivity contribution is 8.06. The molecule has 1 saturated heterocycles. The van der Waals surface area contributed by atoms with Gasteiger partial charge >= 0.3 is 0 Å². The molecule has 1 aliphatic heterocycles. The second kappa shape index (κ2) is 6.44. The Morgan fingerprint density at radius 1 is 1.32 bits per heavy atom. The van der Waals surface area contributed by atoms with E-state index in [4.69, 9.17) is 11.6 Å². The number of H-pyrrole nitrogens is 1. The van der Waals surface area contributed by atoms with Gasteiger partial charge in [0.2, 0.25) is 0 Å². The van der Waals surface area contributed by atoms with Gasteiger partial charge in [-0.1, -0.05) is 29.8 Å². The zero-order valence-electron chi connectivity index (χ0n) is 10.6. The molecule has 1 atom stereocenters. The molecule has 0 aliphatic carbocycles. The van der Waals surface area contributed by atoms with Gasteiger partial charge in [0.15, 0.2) is 0 Å². The molecule has 0 bridgehead atoms. The van der Waals surface area contributed by atoms with E-state index in [0.29, 0.717) is 0 Å². The fraction of sp³-hybridized carbons (Fsp3) is 0.429. The zero-order valence-corrected chi connectivity index (χ0v) is 13.0. The number of thioether (sulfide) groups is 2. The summed E-state index contributed by atoms with van der Waals surface area (Å²) in [5.41, 5.74) is 2.21. The number of halogens is 1. The summed E-state index contributed by atoms with van der Waals surface area (Å²) in [7, 11) is 0. The molecule has 19 heavy (non-hydrogen) atoms. The molecule has 2 N–H and O–H groups in total. The molecule has 1 aromatic carbocycles. The predicted molar refractivity (Wildman–Crippen MR) is 88.6 cm³/mol. The van der Waals surface area contributed by atoms with Crippen molar-refractivity contribution in [3.8, 4) is 0 Å². The minimum absolute atomic E-state index is 0.738. The van der Waals surface area contributed by atoms with Gasteiger partial charge in [0.1, 0.15) is 0 Å². The van der Waals surface area contributed by atoms with Gasteiger partial charge in [0.05, 0.1) is 5.02 Å². The second-order valence-corrected chi connectivity index (χ2v) is 7.60. The summed E-state index contributed by atoms with van der Waals surface area (Å²) in [4.78, 5) is 3.40. The molecule has 5 heteroatoms. The molecule has 0 spiro atoms. The van der Waals surface area contributed by atoms with E-state index in [2.05, 4.69) is 46.0 Å². The molecule has 3 rings (SSSR count). The van der Waals surface area contributed by atoms with E-state index in [1.807, 2.05) is 12.1 Å². The molecule has 1 aromatic heterocycles.